The molecule has 0 atom stereocenters. The van der Waals surface area contributed by atoms with Crippen LogP contribution in [0.5, 0.6) is 0 Å². The maximum absolute atomic E-state index is 4.64. The van der Waals surface area contributed by atoms with Gasteiger partial charge in [-0.05, 0) is 35.1 Å². The van der Waals surface area contributed by atoms with Gasteiger partial charge < -0.3 is 9.30 Å². The molecule has 15 heavy (non-hydrogen) atoms. The molecule has 4 heteroatoms. The van der Waals surface area contributed by atoms with Crippen molar-refractivity contribution in [3.8, 4) is 0 Å². The molecule has 0 amide bonds. The van der Waals surface area contributed by atoms with Gasteiger partial charge in [-0.2, -0.15) is 0 Å². The molecule has 3 rings (SSSR count). The third-order valence-electron chi connectivity index (χ3n) is 2.91. The van der Waals surface area contributed by atoms with Gasteiger partial charge in [0.15, 0.2) is 0 Å². The van der Waals surface area contributed by atoms with Gasteiger partial charge in [0.25, 0.3) is 0 Å². The van der Waals surface area contributed by atoms with Crippen LogP contribution in [0.3, 0.4) is 0 Å². The second-order valence-electron chi connectivity index (χ2n) is 4.07. The minimum atomic E-state index is 0.993. The van der Waals surface area contributed by atoms with Crippen molar-refractivity contribution in [1.82, 2.24) is 14.3 Å². The van der Waals surface area contributed by atoms with Gasteiger partial charge in [-0.25, -0.2) is 4.98 Å². The fourth-order valence-electron chi connectivity index (χ4n) is 2.12. The van der Waals surface area contributed by atoms with Crippen LogP contribution in [-0.4, -0.2) is 27.9 Å². The fourth-order valence-corrected chi connectivity index (χ4v) is 2.45. The second-order valence-corrected chi connectivity index (χ2v) is 4.98. The molecule has 0 spiro atoms. The highest BCUT2D eigenvalue weighted by atomic mass is 79.9. The first-order valence-corrected chi connectivity index (χ1v) is 5.87. The summed E-state index contributed by atoms with van der Waals surface area (Å²) in [6.07, 6.45) is 3.16. The summed E-state index contributed by atoms with van der Waals surface area (Å²) in [7, 11) is 2.15. The number of halogens is 1. The van der Waals surface area contributed by atoms with E-state index in [4.69, 9.17) is 0 Å². The van der Waals surface area contributed by atoms with Crippen molar-refractivity contribution in [3.63, 3.8) is 0 Å². The van der Waals surface area contributed by atoms with Crippen LogP contribution in [0.2, 0.25) is 0 Å². The van der Waals surface area contributed by atoms with Crippen molar-refractivity contribution in [2.75, 3.05) is 13.6 Å². The van der Waals surface area contributed by atoms with Gasteiger partial charge in [0.2, 0.25) is 0 Å². The van der Waals surface area contributed by atoms with E-state index in [2.05, 4.69) is 49.5 Å². The molecule has 3 nitrogen and oxygen atoms in total. The minimum absolute atomic E-state index is 0.993. The number of hydrogen-bond donors (Lipinski definition) is 0. The van der Waals surface area contributed by atoms with E-state index in [0.717, 1.165) is 29.6 Å². The first-order valence-electron chi connectivity index (χ1n) is 5.08. The number of hydrogen-bond acceptors (Lipinski definition) is 2. The fraction of sp³-hybridized carbons (Fsp3) is 0.364. The summed E-state index contributed by atoms with van der Waals surface area (Å²) < 4.78 is 3.29. The SMILES string of the molecule is CN1CCc2nc3ccc(Br)cn3c2C1. The zero-order valence-corrected chi connectivity index (χ0v) is 10.2. The van der Waals surface area contributed by atoms with E-state index in [9.17, 15) is 0 Å². The van der Waals surface area contributed by atoms with Crippen LogP contribution in [0.15, 0.2) is 22.8 Å². The summed E-state index contributed by atoms with van der Waals surface area (Å²) in [5, 5.41) is 0. The Kier molecular flexibility index (Phi) is 2.07. The lowest BCUT2D eigenvalue weighted by Gasteiger charge is -2.21. The first-order chi connectivity index (χ1) is 7.24. The van der Waals surface area contributed by atoms with Gasteiger partial charge in [-0.3, -0.25) is 0 Å². The van der Waals surface area contributed by atoms with Crippen LogP contribution in [-0.2, 0) is 13.0 Å². The van der Waals surface area contributed by atoms with E-state index in [1.165, 1.54) is 11.4 Å². The summed E-state index contributed by atoms with van der Waals surface area (Å²) in [5.41, 5.74) is 3.64. The highest BCUT2D eigenvalue weighted by molar-refractivity contribution is 9.10. The molecule has 2 aromatic heterocycles. The number of pyridine rings is 1. The summed E-state index contributed by atoms with van der Waals surface area (Å²) in [6.45, 7) is 2.10. The van der Waals surface area contributed by atoms with Crippen molar-refractivity contribution in [2.24, 2.45) is 0 Å². The molecule has 78 valence electrons. The third-order valence-corrected chi connectivity index (χ3v) is 3.38. The Morgan fingerprint density at radius 2 is 2.27 bits per heavy atom. The Labute approximate surface area is 96.9 Å². The van der Waals surface area contributed by atoms with Crippen LogP contribution in [0.1, 0.15) is 11.4 Å². The van der Waals surface area contributed by atoms with E-state index >= 15 is 0 Å². The molecule has 0 radical (unpaired) electrons. The lowest BCUT2D eigenvalue weighted by molar-refractivity contribution is 0.306. The number of likely N-dealkylation sites (N-methyl/N-ethyl adjacent to an activating group) is 1. The van der Waals surface area contributed by atoms with Crippen LogP contribution in [0.4, 0.5) is 0 Å². The summed E-state index contributed by atoms with van der Waals surface area (Å²) >= 11 is 3.50. The summed E-state index contributed by atoms with van der Waals surface area (Å²) in [6, 6.07) is 4.10. The van der Waals surface area contributed by atoms with Gasteiger partial charge in [0.1, 0.15) is 5.65 Å². The molecule has 0 unspecified atom stereocenters. The minimum Gasteiger partial charge on any atom is -0.301 e. The van der Waals surface area contributed by atoms with Crippen LogP contribution in [0, 0.1) is 0 Å². The van der Waals surface area contributed by atoms with E-state index in [1.807, 2.05) is 6.07 Å². The third kappa shape index (κ3) is 1.48. The van der Waals surface area contributed by atoms with Crippen LogP contribution >= 0.6 is 15.9 Å². The predicted molar refractivity (Wildman–Crippen MR) is 62.9 cm³/mol. The molecular weight excluding hydrogens is 254 g/mol. The van der Waals surface area contributed by atoms with Crippen molar-refractivity contribution in [2.45, 2.75) is 13.0 Å². The quantitative estimate of drug-likeness (QED) is 0.727. The molecule has 0 N–H and O–H groups in total. The molecule has 0 aliphatic carbocycles. The van der Waals surface area contributed by atoms with E-state index in [1.54, 1.807) is 0 Å². The van der Waals surface area contributed by atoms with E-state index in [-0.39, 0.29) is 0 Å². The normalized spacial score (nSPS) is 16.9. The first kappa shape index (κ1) is 9.36. The molecule has 0 saturated heterocycles. The highest BCUT2D eigenvalue weighted by Crippen LogP contribution is 2.21. The van der Waals surface area contributed by atoms with Crippen molar-refractivity contribution >= 4 is 21.6 Å². The molecule has 1 aliphatic rings. The maximum Gasteiger partial charge on any atom is 0.137 e. The van der Waals surface area contributed by atoms with E-state index in [0.29, 0.717) is 0 Å². The van der Waals surface area contributed by atoms with Gasteiger partial charge in [-0.1, -0.05) is 0 Å². The van der Waals surface area contributed by atoms with Gasteiger partial charge in [-0.15, -0.1) is 0 Å². The lowest BCUT2D eigenvalue weighted by atomic mass is 10.1. The molecule has 0 bridgehead atoms. The molecule has 2 aromatic rings. The largest absolute Gasteiger partial charge is 0.301 e. The summed E-state index contributed by atoms with van der Waals surface area (Å²) in [5.74, 6) is 0. The maximum atomic E-state index is 4.64. The molecule has 0 aromatic carbocycles. The topological polar surface area (TPSA) is 20.5 Å². The second kappa shape index (κ2) is 3.32. The monoisotopic (exact) mass is 265 g/mol. The average molecular weight is 266 g/mol. The van der Waals surface area contributed by atoms with Crippen molar-refractivity contribution in [1.29, 1.82) is 0 Å². The Bertz CT molecular complexity index is 518. The number of nitrogens with zero attached hydrogens (tertiary/aromatic N) is 3. The summed E-state index contributed by atoms with van der Waals surface area (Å²) in [4.78, 5) is 6.97. The van der Waals surface area contributed by atoms with Crippen molar-refractivity contribution in [3.05, 3.63) is 34.2 Å². The van der Waals surface area contributed by atoms with Gasteiger partial charge in [0, 0.05) is 30.2 Å². The molecule has 0 fully saturated rings. The smallest absolute Gasteiger partial charge is 0.137 e. The molecule has 0 saturated carbocycles. The molecule has 1 aliphatic heterocycles. The number of fused-ring (bicyclic) bond motifs is 3. The van der Waals surface area contributed by atoms with Gasteiger partial charge in [0.05, 0.1) is 11.4 Å². The number of rotatable bonds is 0. The Morgan fingerprint density at radius 1 is 1.40 bits per heavy atom. The number of aromatic nitrogens is 2. The Balaban J connectivity index is 2.25. The standard InChI is InChI=1S/C11H12BrN3/c1-14-5-4-9-10(7-14)15-6-8(12)2-3-11(15)13-9/h2-3,6H,4-5,7H2,1H3. The molecular formula is C11H12BrN3. The van der Waals surface area contributed by atoms with Crippen LogP contribution < -0.4 is 0 Å². The van der Waals surface area contributed by atoms with Crippen molar-refractivity contribution < 1.29 is 0 Å². The highest BCUT2D eigenvalue weighted by Gasteiger charge is 2.18. The molecule has 3 heterocycles. The van der Waals surface area contributed by atoms with E-state index < -0.39 is 0 Å². The zero-order valence-electron chi connectivity index (χ0n) is 8.57. The van der Waals surface area contributed by atoms with Gasteiger partial charge >= 0.3 is 0 Å². The van der Waals surface area contributed by atoms with Crippen LogP contribution in [0.25, 0.3) is 5.65 Å². The lowest BCUT2D eigenvalue weighted by Crippen LogP contribution is -2.27. The zero-order chi connectivity index (χ0) is 10.4. The Morgan fingerprint density at radius 3 is 3.13 bits per heavy atom. The average Bonchev–Trinajstić information content (AvgIpc) is 2.56. The Hall–Kier alpha value is -0.870. The number of imidazole rings is 1. The predicted octanol–water partition coefficient (Wildman–Crippen LogP) is 2.08.